The van der Waals surface area contributed by atoms with E-state index in [1.165, 1.54) is 13.2 Å². The van der Waals surface area contributed by atoms with Crippen molar-refractivity contribution < 1.29 is 19.1 Å². The lowest BCUT2D eigenvalue weighted by Gasteiger charge is -2.16. The number of aldehydes is 1. The van der Waals surface area contributed by atoms with Gasteiger partial charge in [0, 0.05) is 26.4 Å². The first-order valence-electron chi connectivity index (χ1n) is 7.47. The van der Waals surface area contributed by atoms with Gasteiger partial charge in [-0.2, -0.15) is 0 Å². The van der Waals surface area contributed by atoms with E-state index in [9.17, 15) is 9.59 Å². The van der Waals surface area contributed by atoms with Crippen molar-refractivity contribution in [3.8, 4) is 0 Å². The summed E-state index contributed by atoms with van der Waals surface area (Å²) in [5, 5.41) is 0. The Kier molecular flexibility index (Phi) is 5.33. The van der Waals surface area contributed by atoms with Crippen molar-refractivity contribution in [2.24, 2.45) is 0 Å². The molecule has 23 heavy (non-hydrogen) atoms. The molecule has 0 fully saturated rings. The zero-order valence-electron chi connectivity index (χ0n) is 14.0. The first-order chi connectivity index (χ1) is 10.9. The number of pyridine rings is 1. The van der Waals surface area contributed by atoms with Gasteiger partial charge in [-0.3, -0.25) is 4.79 Å². The third-order valence-corrected chi connectivity index (χ3v) is 5.20. The van der Waals surface area contributed by atoms with Gasteiger partial charge in [0.2, 0.25) is 0 Å². The molecule has 0 bridgehead atoms. The van der Waals surface area contributed by atoms with Gasteiger partial charge in [-0.15, -0.1) is 0 Å². The summed E-state index contributed by atoms with van der Waals surface area (Å²) in [7, 11) is 0.155. The van der Waals surface area contributed by atoms with Crippen LogP contribution in [0.1, 0.15) is 20.8 Å². The predicted octanol–water partition coefficient (Wildman–Crippen LogP) is 2.95. The van der Waals surface area contributed by atoms with Gasteiger partial charge in [0.1, 0.15) is 12.4 Å². The highest BCUT2D eigenvalue weighted by atomic mass is 28.3. The summed E-state index contributed by atoms with van der Waals surface area (Å²) < 4.78 is 12.2. The second kappa shape index (κ2) is 7.06. The highest BCUT2D eigenvalue weighted by Gasteiger charge is 2.16. The molecule has 0 radical (unpaired) electrons. The number of esters is 1. The van der Waals surface area contributed by atoms with Crippen molar-refractivity contribution in [2.75, 3.05) is 13.7 Å². The maximum atomic E-state index is 11.6. The van der Waals surface area contributed by atoms with E-state index in [2.05, 4.69) is 29.4 Å². The Labute approximate surface area is 136 Å². The summed E-state index contributed by atoms with van der Waals surface area (Å²) in [5.41, 5.74) is 1.76. The normalized spacial score (nSPS) is 11.7. The average molecular weight is 334 g/mol. The Morgan fingerprint density at radius 1 is 1.39 bits per heavy atom. The van der Waals surface area contributed by atoms with E-state index in [-0.39, 0.29) is 5.69 Å². The zero-order chi connectivity index (χ0) is 17.0. The van der Waals surface area contributed by atoms with Gasteiger partial charge in [-0.1, -0.05) is 19.6 Å². The second-order valence-electron chi connectivity index (χ2n) is 6.57. The molecule has 0 N–H and O–H groups in total. The van der Waals surface area contributed by atoms with Gasteiger partial charge in [0.25, 0.3) is 0 Å². The standard InChI is InChI=1S/C16H22N2O4Si/c1-21-16(20)14-9-12(10-19)15-13(17-14)5-6-18(15)11-22-7-8-23(2,3)4/h5-6,9-10H,7-8,11H2,1-4H3. The van der Waals surface area contributed by atoms with E-state index < -0.39 is 14.0 Å². The molecule has 2 rings (SSSR count). The molecule has 2 aromatic heterocycles. The summed E-state index contributed by atoms with van der Waals surface area (Å²) in [6.45, 7) is 7.94. The lowest BCUT2D eigenvalue weighted by Crippen LogP contribution is -2.22. The van der Waals surface area contributed by atoms with Gasteiger partial charge in [-0.25, -0.2) is 9.78 Å². The number of nitrogens with zero attached hydrogens (tertiary/aromatic N) is 2. The summed E-state index contributed by atoms with van der Waals surface area (Å²) in [5.74, 6) is -0.561. The number of fused-ring (bicyclic) bond motifs is 1. The number of hydrogen-bond donors (Lipinski definition) is 0. The fourth-order valence-corrected chi connectivity index (χ4v) is 2.95. The van der Waals surface area contributed by atoms with Crippen LogP contribution in [0.5, 0.6) is 0 Å². The van der Waals surface area contributed by atoms with Gasteiger partial charge in [-0.05, 0) is 18.2 Å². The quantitative estimate of drug-likeness (QED) is 0.337. The third kappa shape index (κ3) is 4.26. The van der Waals surface area contributed by atoms with Gasteiger partial charge < -0.3 is 14.0 Å². The molecule has 0 saturated heterocycles. The van der Waals surface area contributed by atoms with Crippen molar-refractivity contribution in [1.29, 1.82) is 0 Å². The van der Waals surface area contributed by atoms with E-state index in [0.717, 1.165) is 12.3 Å². The van der Waals surface area contributed by atoms with Gasteiger partial charge in [0.05, 0.1) is 18.1 Å². The van der Waals surface area contributed by atoms with Crippen LogP contribution in [-0.2, 0) is 16.2 Å². The molecule has 2 heterocycles. The fraction of sp³-hybridized carbons (Fsp3) is 0.438. The highest BCUT2D eigenvalue weighted by molar-refractivity contribution is 6.76. The predicted molar refractivity (Wildman–Crippen MR) is 90.6 cm³/mol. The van der Waals surface area contributed by atoms with Crippen molar-refractivity contribution in [2.45, 2.75) is 32.4 Å². The number of methoxy groups -OCH3 is 1. The average Bonchev–Trinajstić information content (AvgIpc) is 2.92. The largest absolute Gasteiger partial charge is 0.464 e. The van der Waals surface area contributed by atoms with Crippen molar-refractivity contribution in [3.05, 3.63) is 29.6 Å². The lowest BCUT2D eigenvalue weighted by atomic mass is 10.2. The Morgan fingerprint density at radius 2 is 2.13 bits per heavy atom. The molecule has 0 atom stereocenters. The Hall–Kier alpha value is -1.99. The van der Waals surface area contributed by atoms with E-state index >= 15 is 0 Å². The Morgan fingerprint density at radius 3 is 2.74 bits per heavy atom. The molecule has 2 aromatic rings. The van der Waals surface area contributed by atoms with Crippen LogP contribution in [0, 0.1) is 0 Å². The first kappa shape index (κ1) is 17.4. The molecule has 124 valence electrons. The Balaban J connectivity index is 2.22. The molecule has 0 amide bonds. The maximum Gasteiger partial charge on any atom is 0.356 e. The van der Waals surface area contributed by atoms with Crippen LogP contribution in [0.4, 0.5) is 0 Å². The van der Waals surface area contributed by atoms with Gasteiger partial charge in [0.15, 0.2) is 6.29 Å². The first-order valence-corrected chi connectivity index (χ1v) is 11.2. The van der Waals surface area contributed by atoms with Crippen LogP contribution < -0.4 is 0 Å². The topological polar surface area (TPSA) is 70.4 Å². The molecule has 7 heteroatoms. The van der Waals surface area contributed by atoms with Crippen LogP contribution in [0.15, 0.2) is 18.3 Å². The minimum Gasteiger partial charge on any atom is -0.464 e. The monoisotopic (exact) mass is 334 g/mol. The summed E-state index contributed by atoms with van der Waals surface area (Å²) in [4.78, 5) is 27.2. The van der Waals surface area contributed by atoms with Crippen LogP contribution >= 0.6 is 0 Å². The fourth-order valence-electron chi connectivity index (χ4n) is 2.19. The number of ether oxygens (including phenoxy) is 2. The van der Waals surface area contributed by atoms with Crippen molar-refractivity contribution in [1.82, 2.24) is 9.55 Å². The third-order valence-electron chi connectivity index (χ3n) is 3.50. The molecule has 0 unspecified atom stereocenters. The highest BCUT2D eigenvalue weighted by Crippen LogP contribution is 2.20. The van der Waals surface area contributed by atoms with E-state index in [0.29, 0.717) is 29.9 Å². The lowest BCUT2D eigenvalue weighted by molar-refractivity contribution is 0.0594. The number of aromatic nitrogens is 2. The number of carbonyl (C=O) groups is 2. The van der Waals surface area contributed by atoms with Crippen LogP contribution in [-0.4, -0.2) is 43.6 Å². The SMILES string of the molecule is COC(=O)c1cc(C=O)c2c(ccn2COCC[Si](C)(C)C)n1. The Bertz CT molecular complexity index is 719. The molecule has 0 spiro atoms. The van der Waals surface area contributed by atoms with Gasteiger partial charge >= 0.3 is 5.97 Å². The summed E-state index contributed by atoms with van der Waals surface area (Å²) in [6.07, 6.45) is 2.52. The molecule has 0 aliphatic carbocycles. The van der Waals surface area contributed by atoms with E-state index in [4.69, 9.17) is 4.74 Å². The molecular formula is C16H22N2O4Si. The molecule has 0 saturated carbocycles. The number of hydrogen-bond acceptors (Lipinski definition) is 5. The van der Waals surface area contributed by atoms with Crippen LogP contribution in [0.3, 0.4) is 0 Å². The summed E-state index contributed by atoms with van der Waals surface area (Å²) in [6, 6.07) is 4.29. The van der Waals surface area contributed by atoms with Crippen molar-refractivity contribution >= 4 is 31.4 Å². The number of rotatable bonds is 7. The minimum atomic E-state index is -1.13. The molecular weight excluding hydrogens is 312 g/mol. The zero-order valence-corrected chi connectivity index (χ0v) is 15.0. The summed E-state index contributed by atoms with van der Waals surface area (Å²) >= 11 is 0. The van der Waals surface area contributed by atoms with Crippen LogP contribution in [0.25, 0.3) is 11.0 Å². The molecule has 0 aromatic carbocycles. The minimum absolute atomic E-state index is 0.125. The maximum absolute atomic E-state index is 11.6. The molecule has 6 nitrogen and oxygen atoms in total. The van der Waals surface area contributed by atoms with Crippen molar-refractivity contribution in [3.63, 3.8) is 0 Å². The van der Waals surface area contributed by atoms with Crippen LogP contribution in [0.2, 0.25) is 25.7 Å². The smallest absolute Gasteiger partial charge is 0.356 e. The molecule has 0 aliphatic heterocycles. The second-order valence-corrected chi connectivity index (χ2v) is 12.2. The molecule has 0 aliphatic rings. The van der Waals surface area contributed by atoms with E-state index in [1.54, 1.807) is 12.3 Å². The number of carbonyl (C=O) groups excluding carboxylic acids is 2. The van der Waals surface area contributed by atoms with E-state index in [1.807, 2.05) is 4.57 Å².